The zero-order valence-electron chi connectivity index (χ0n) is 18.3. The highest BCUT2D eigenvalue weighted by Gasteiger charge is 2.22. The van der Waals surface area contributed by atoms with Gasteiger partial charge in [-0.25, -0.2) is 0 Å². The van der Waals surface area contributed by atoms with Gasteiger partial charge in [-0.15, -0.1) is 0 Å². The maximum atomic E-state index is 13.4. The highest BCUT2D eigenvalue weighted by atomic mass is 35.5. The molecule has 0 saturated carbocycles. The number of aryl methyl sites for hydroxylation is 2. The number of rotatable bonds is 6. The van der Waals surface area contributed by atoms with E-state index in [9.17, 15) is 9.90 Å². The molecule has 0 aliphatic rings. The fourth-order valence-electron chi connectivity index (χ4n) is 4.06. The maximum Gasteiger partial charge on any atom is 0.277 e. The number of hydrogen-bond donors (Lipinski definition) is 2. The normalized spacial score (nSPS) is 12.2. The first-order valence-electron chi connectivity index (χ1n) is 10.5. The molecule has 172 valence electrons. The molecule has 0 radical (unpaired) electrons. The van der Waals surface area contributed by atoms with Crippen LogP contribution in [0, 0.1) is 13.8 Å². The van der Waals surface area contributed by atoms with E-state index in [1.54, 1.807) is 23.5 Å². The average molecular weight is 508 g/mol. The Balaban J connectivity index is 1.57. The van der Waals surface area contributed by atoms with E-state index in [4.69, 9.17) is 11.6 Å². The number of nitrogens with one attached hydrogen (secondary N) is 2. The molecule has 5 rings (SSSR count). The van der Waals surface area contributed by atoms with Crippen molar-refractivity contribution in [1.29, 1.82) is 0 Å². The summed E-state index contributed by atoms with van der Waals surface area (Å²) in [5.41, 5.74) is 5.40. The minimum atomic E-state index is -0.465. The lowest BCUT2D eigenvalue weighted by Crippen LogP contribution is -2.17. The molecule has 0 spiro atoms. The first-order valence-corrected chi connectivity index (χ1v) is 12.7. The number of benzene rings is 2. The monoisotopic (exact) mass is 507 g/mol. The standard InChI is InChI=1S/C25H21ClN4O2S2/c1-14-21(15(2)28-27-14)16-7-9-17(10-8-16)22(18-11-12-33-13-18)30-25(32)23(24(31)29-30)34-20-6-4-3-5-19(20)26/h3-13,22,32H,1-2H3,(H,27,28)(H,29,31)/p-1. The van der Waals surface area contributed by atoms with Gasteiger partial charge >= 0.3 is 0 Å². The molecule has 0 amide bonds. The number of halogens is 1. The van der Waals surface area contributed by atoms with Gasteiger partial charge in [0.05, 0.1) is 21.7 Å². The van der Waals surface area contributed by atoms with Crippen molar-refractivity contribution < 1.29 is 5.11 Å². The lowest BCUT2D eigenvalue weighted by molar-refractivity contribution is -0.284. The van der Waals surface area contributed by atoms with Crippen molar-refractivity contribution in [2.45, 2.75) is 29.7 Å². The van der Waals surface area contributed by atoms with E-state index in [0.29, 0.717) is 9.92 Å². The summed E-state index contributed by atoms with van der Waals surface area (Å²) in [4.78, 5) is 13.6. The second-order valence-electron chi connectivity index (χ2n) is 7.87. The predicted molar refractivity (Wildman–Crippen MR) is 135 cm³/mol. The van der Waals surface area contributed by atoms with Crippen LogP contribution in [0.25, 0.3) is 11.1 Å². The molecule has 0 aliphatic carbocycles. The van der Waals surface area contributed by atoms with Crippen molar-refractivity contribution in [1.82, 2.24) is 20.0 Å². The van der Waals surface area contributed by atoms with Crippen LogP contribution in [-0.2, 0) is 0 Å². The van der Waals surface area contributed by atoms with Crippen molar-refractivity contribution in [3.8, 4) is 17.0 Å². The van der Waals surface area contributed by atoms with Crippen LogP contribution < -0.4 is 10.7 Å². The Morgan fingerprint density at radius 2 is 1.85 bits per heavy atom. The highest BCUT2D eigenvalue weighted by Crippen LogP contribution is 2.38. The van der Waals surface area contributed by atoms with Crippen molar-refractivity contribution in [3.05, 3.63) is 103 Å². The third kappa shape index (κ3) is 4.09. The number of H-pyrrole nitrogens is 2. The van der Waals surface area contributed by atoms with E-state index in [1.165, 1.54) is 4.68 Å². The molecule has 34 heavy (non-hydrogen) atoms. The molecule has 6 nitrogen and oxygen atoms in total. The van der Waals surface area contributed by atoms with Gasteiger partial charge in [0.15, 0.2) is 0 Å². The lowest BCUT2D eigenvalue weighted by atomic mass is 9.97. The fraction of sp³-hybridized carbons (Fsp3) is 0.120. The summed E-state index contributed by atoms with van der Waals surface area (Å²) in [6.45, 7) is 3.96. The molecule has 0 bridgehead atoms. The number of aromatic nitrogens is 4. The SMILES string of the molecule is Cc1n[nH]c(C)c1-c1ccc(C(c2ccsc2)n2[nH]c(=O)c(Sc3ccccc3Cl)c2[O-])cc1. The van der Waals surface area contributed by atoms with E-state index >= 15 is 0 Å². The Bertz CT molecular complexity index is 1480. The molecule has 9 heteroatoms. The smallest absolute Gasteiger partial charge is 0.277 e. The summed E-state index contributed by atoms with van der Waals surface area (Å²) in [7, 11) is 0. The second kappa shape index (κ2) is 9.21. The molecule has 1 atom stereocenters. The molecular weight excluding hydrogens is 488 g/mol. The van der Waals surface area contributed by atoms with Crippen molar-refractivity contribution in [2.75, 3.05) is 0 Å². The fourth-order valence-corrected chi connectivity index (χ4v) is 5.84. The van der Waals surface area contributed by atoms with Crippen LogP contribution in [0.2, 0.25) is 5.02 Å². The average Bonchev–Trinajstić information content (AvgIpc) is 3.54. The molecule has 0 aliphatic heterocycles. The van der Waals surface area contributed by atoms with E-state index in [-0.39, 0.29) is 10.8 Å². The molecule has 0 saturated heterocycles. The Morgan fingerprint density at radius 3 is 2.50 bits per heavy atom. The van der Waals surface area contributed by atoms with Crippen molar-refractivity contribution in [2.24, 2.45) is 0 Å². The Hall–Kier alpha value is -3.20. The molecule has 3 aromatic heterocycles. The van der Waals surface area contributed by atoms with Crippen LogP contribution in [0.4, 0.5) is 0 Å². The molecule has 2 aromatic carbocycles. The largest absolute Gasteiger partial charge is 0.858 e. The van der Waals surface area contributed by atoms with Gasteiger partial charge in [0, 0.05) is 22.0 Å². The first kappa shape index (κ1) is 22.6. The molecule has 5 aromatic rings. The zero-order valence-corrected chi connectivity index (χ0v) is 20.7. The summed E-state index contributed by atoms with van der Waals surface area (Å²) >= 11 is 8.88. The quantitative estimate of drug-likeness (QED) is 0.306. The van der Waals surface area contributed by atoms with Crippen LogP contribution in [-0.4, -0.2) is 20.0 Å². The van der Waals surface area contributed by atoms with Gasteiger partial charge < -0.3 is 5.11 Å². The number of aromatic amines is 2. The third-order valence-corrected chi connectivity index (χ3v) is 7.93. The van der Waals surface area contributed by atoms with Gasteiger partial charge in [0.25, 0.3) is 5.56 Å². The van der Waals surface area contributed by atoms with Gasteiger partial charge in [-0.05, 0) is 59.5 Å². The Kier molecular flexibility index (Phi) is 6.12. The van der Waals surface area contributed by atoms with Gasteiger partial charge in [-0.2, -0.15) is 16.4 Å². The molecule has 3 heterocycles. The van der Waals surface area contributed by atoms with Gasteiger partial charge in [0.2, 0.25) is 0 Å². The van der Waals surface area contributed by atoms with E-state index < -0.39 is 11.6 Å². The van der Waals surface area contributed by atoms with Crippen LogP contribution in [0.3, 0.4) is 0 Å². The van der Waals surface area contributed by atoms with E-state index in [0.717, 1.165) is 45.4 Å². The second-order valence-corrected chi connectivity index (χ2v) is 10.1. The summed E-state index contributed by atoms with van der Waals surface area (Å²) in [6, 6.07) is 16.7. The minimum absolute atomic E-state index is 0.0922. The number of nitrogens with zero attached hydrogens (tertiary/aromatic N) is 2. The van der Waals surface area contributed by atoms with Crippen molar-refractivity contribution in [3.63, 3.8) is 0 Å². The highest BCUT2D eigenvalue weighted by molar-refractivity contribution is 7.99. The van der Waals surface area contributed by atoms with Crippen LogP contribution in [0.1, 0.15) is 28.6 Å². The topological polar surface area (TPSA) is 89.5 Å². The Labute approximate surface area is 209 Å². The molecule has 0 fully saturated rings. The first-order chi connectivity index (χ1) is 16.4. The van der Waals surface area contributed by atoms with Gasteiger partial charge in [-0.3, -0.25) is 19.7 Å². The molecule has 2 N–H and O–H groups in total. The number of thiophene rings is 1. The minimum Gasteiger partial charge on any atom is -0.858 e. The lowest BCUT2D eigenvalue weighted by Gasteiger charge is -2.24. The number of hydrogen-bond acceptors (Lipinski definition) is 5. The van der Waals surface area contributed by atoms with Crippen molar-refractivity contribution >= 4 is 34.7 Å². The molecular formula is C25H20ClN4O2S2-. The van der Waals surface area contributed by atoms with Gasteiger partial charge in [0.1, 0.15) is 0 Å². The van der Waals surface area contributed by atoms with Gasteiger partial charge in [-0.1, -0.05) is 59.8 Å². The Morgan fingerprint density at radius 1 is 1.09 bits per heavy atom. The van der Waals surface area contributed by atoms with Crippen LogP contribution >= 0.6 is 34.7 Å². The summed E-state index contributed by atoms with van der Waals surface area (Å²) in [5, 5.41) is 27.9. The zero-order chi connectivity index (χ0) is 23.8. The van der Waals surface area contributed by atoms with Crippen LogP contribution in [0.5, 0.6) is 5.88 Å². The third-order valence-electron chi connectivity index (χ3n) is 5.65. The van der Waals surface area contributed by atoms with E-state index in [1.807, 2.05) is 67.1 Å². The van der Waals surface area contributed by atoms with Crippen LogP contribution in [0.15, 0.2) is 79.9 Å². The summed E-state index contributed by atoms with van der Waals surface area (Å²) in [5.74, 6) is -0.378. The molecule has 1 unspecified atom stereocenters. The summed E-state index contributed by atoms with van der Waals surface area (Å²) in [6.07, 6.45) is 0. The van der Waals surface area contributed by atoms with E-state index in [2.05, 4.69) is 15.3 Å². The summed E-state index contributed by atoms with van der Waals surface area (Å²) < 4.78 is 1.41. The maximum absolute atomic E-state index is 13.4. The predicted octanol–water partition coefficient (Wildman–Crippen LogP) is 5.76.